The minimum absolute atomic E-state index is 0.127. The summed E-state index contributed by atoms with van der Waals surface area (Å²) in [7, 11) is 0. The quantitative estimate of drug-likeness (QED) is 0.882. The van der Waals surface area contributed by atoms with Crippen LogP contribution in [0.25, 0.3) is 0 Å². The summed E-state index contributed by atoms with van der Waals surface area (Å²) in [4.78, 5) is 14.6. The molecule has 4 heteroatoms. The lowest BCUT2D eigenvalue weighted by atomic mass is 10.1. The SMILES string of the molecule is O=C(O)c1ccc(Cc2ccccc2F)nc1. The lowest BCUT2D eigenvalue weighted by Crippen LogP contribution is -2.00. The van der Waals surface area contributed by atoms with Crippen molar-refractivity contribution in [3.05, 3.63) is 65.2 Å². The highest BCUT2D eigenvalue weighted by atomic mass is 19.1. The van der Waals surface area contributed by atoms with E-state index < -0.39 is 5.97 Å². The molecule has 1 aromatic carbocycles. The second-order valence-electron chi connectivity index (χ2n) is 3.61. The Kier molecular flexibility index (Phi) is 3.14. The Labute approximate surface area is 97.6 Å². The first-order valence-corrected chi connectivity index (χ1v) is 5.08. The first-order chi connectivity index (χ1) is 8.16. The molecule has 0 bridgehead atoms. The molecule has 86 valence electrons. The maximum Gasteiger partial charge on any atom is 0.337 e. The fourth-order valence-corrected chi connectivity index (χ4v) is 1.49. The summed E-state index contributed by atoms with van der Waals surface area (Å²) in [6.07, 6.45) is 1.63. The van der Waals surface area contributed by atoms with Crippen LogP contribution in [-0.2, 0) is 6.42 Å². The van der Waals surface area contributed by atoms with Gasteiger partial charge in [-0.25, -0.2) is 9.18 Å². The van der Waals surface area contributed by atoms with E-state index in [-0.39, 0.29) is 11.4 Å². The van der Waals surface area contributed by atoms with E-state index in [0.29, 0.717) is 17.7 Å². The Bertz CT molecular complexity index is 537. The molecule has 2 aromatic rings. The third-order valence-electron chi connectivity index (χ3n) is 2.40. The van der Waals surface area contributed by atoms with E-state index in [1.807, 2.05) is 0 Å². The van der Waals surface area contributed by atoms with Crippen molar-refractivity contribution >= 4 is 5.97 Å². The number of rotatable bonds is 3. The average Bonchev–Trinajstić information content (AvgIpc) is 2.33. The Morgan fingerprint density at radius 2 is 2.00 bits per heavy atom. The van der Waals surface area contributed by atoms with Crippen LogP contribution in [0.4, 0.5) is 4.39 Å². The van der Waals surface area contributed by atoms with Crippen LogP contribution in [0.15, 0.2) is 42.6 Å². The fraction of sp³-hybridized carbons (Fsp3) is 0.0769. The maximum atomic E-state index is 13.4. The zero-order chi connectivity index (χ0) is 12.3. The molecular formula is C13H10FNO2. The summed E-state index contributed by atoms with van der Waals surface area (Å²) >= 11 is 0. The summed E-state index contributed by atoms with van der Waals surface area (Å²) in [5.41, 5.74) is 1.31. The highest BCUT2D eigenvalue weighted by Crippen LogP contribution is 2.11. The largest absolute Gasteiger partial charge is 0.478 e. The van der Waals surface area contributed by atoms with Gasteiger partial charge in [-0.2, -0.15) is 0 Å². The van der Waals surface area contributed by atoms with E-state index in [2.05, 4.69) is 4.98 Å². The Morgan fingerprint density at radius 1 is 1.24 bits per heavy atom. The molecule has 0 spiro atoms. The van der Waals surface area contributed by atoms with Crippen LogP contribution in [-0.4, -0.2) is 16.1 Å². The highest BCUT2D eigenvalue weighted by Gasteiger charge is 2.05. The predicted molar refractivity (Wildman–Crippen MR) is 60.4 cm³/mol. The van der Waals surface area contributed by atoms with Gasteiger partial charge in [0.2, 0.25) is 0 Å². The molecule has 0 saturated carbocycles. The topological polar surface area (TPSA) is 50.2 Å². The number of carboxylic acids is 1. The van der Waals surface area contributed by atoms with Crippen LogP contribution in [0.1, 0.15) is 21.6 Å². The van der Waals surface area contributed by atoms with Gasteiger partial charge in [-0.15, -0.1) is 0 Å². The smallest absolute Gasteiger partial charge is 0.337 e. The molecule has 0 fully saturated rings. The third-order valence-corrected chi connectivity index (χ3v) is 2.40. The van der Waals surface area contributed by atoms with Gasteiger partial charge in [-0.1, -0.05) is 18.2 Å². The summed E-state index contributed by atoms with van der Waals surface area (Å²) in [6, 6.07) is 9.51. The van der Waals surface area contributed by atoms with Crippen molar-refractivity contribution in [1.82, 2.24) is 4.98 Å². The van der Waals surface area contributed by atoms with Gasteiger partial charge in [-0.05, 0) is 23.8 Å². The molecule has 1 heterocycles. The minimum atomic E-state index is -1.02. The number of pyridine rings is 1. The zero-order valence-corrected chi connectivity index (χ0v) is 8.93. The second-order valence-corrected chi connectivity index (χ2v) is 3.61. The lowest BCUT2D eigenvalue weighted by molar-refractivity contribution is 0.0696. The van der Waals surface area contributed by atoms with Crippen molar-refractivity contribution in [1.29, 1.82) is 0 Å². The average molecular weight is 231 g/mol. The van der Waals surface area contributed by atoms with Crippen molar-refractivity contribution in [2.24, 2.45) is 0 Å². The number of benzene rings is 1. The van der Waals surface area contributed by atoms with E-state index in [9.17, 15) is 9.18 Å². The van der Waals surface area contributed by atoms with Gasteiger partial charge in [0.15, 0.2) is 0 Å². The summed E-state index contributed by atoms with van der Waals surface area (Å²) in [6.45, 7) is 0. The Balaban J connectivity index is 2.20. The van der Waals surface area contributed by atoms with E-state index in [4.69, 9.17) is 5.11 Å². The number of hydrogen-bond donors (Lipinski definition) is 1. The summed E-state index contributed by atoms with van der Waals surface area (Å²) < 4.78 is 13.4. The standard InChI is InChI=1S/C13H10FNO2/c14-12-4-2-1-3-9(12)7-11-6-5-10(8-15-11)13(16)17/h1-6,8H,7H2,(H,16,17). The molecule has 0 aliphatic carbocycles. The zero-order valence-electron chi connectivity index (χ0n) is 8.93. The molecule has 0 unspecified atom stereocenters. The van der Waals surface area contributed by atoms with Crippen molar-refractivity contribution < 1.29 is 14.3 Å². The predicted octanol–water partition coefficient (Wildman–Crippen LogP) is 2.51. The molecule has 1 N–H and O–H groups in total. The van der Waals surface area contributed by atoms with Gasteiger partial charge in [0.05, 0.1) is 5.56 Å². The Hall–Kier alpha value is -2.23. The number of nitrogens with zero attached hydrogens (tertiary/aromatic N) is 1. The van der Waals surface area contributed by atoms with Gasteiger partial charge < -0.3 is 5.11 Å². The van der Waals surface area contributed by atoms with Crippen LogP contribution < -0.4 is 0 Å². The van der Waals surface area contributed by atoms with E-state index in [1.165, 1.54) is 18.3 Å². The van der Waals surface area contributed by atoms with E-state index >= 15 is 0 Å². The molecular weight excluding hydrogens is 221 g/mol. The lowest BCUT2D eigenvalue weighted by Gasteiger charge is -2.02. The highest BCUT2D eigenvalue weighted by molar-refractivity contribution is 5.87. The monoisotopic (exact) mass is 231 g/mol. The van der Waals surface area contributed by atoms with Crippen molar-refractivity contribution in [3.8, 4) is 0 Å². The minimum Gasteiger partial charge on any atom is -0.478 e. The maximum absolute atomic E-state index is 13.4. The number of carbonyl (C=O) groups is 1. The van der Waals surface area contributed by atoms with Crippen molar-refractivity contribution in [2.45, 2.75) is 6.42 Å². The Morgan fingerprint density at radius 3 is 2.59 bits per heavy atom. The summed E-state index contributed by atoms with van der Waals surface area (Å²) in [5.74, 6) is -1.30. The number of aromatic carboxylic acids is 1. The van der Waals surface area contributed by atoms with Gasteiger partial charge in [0.1, 0.15) is 5.82 Å². The molecule has 0 aliphatic rings. The molecule has 0 radical (unpaired) electrons. The van der Waals surface area contributed by atoms with Gasteiger partial charge in [0, 0.05) is 18.3 Å². The van der Waals surface area contributed by atoms with Crippen LogP contribution >= 0.6 is 0 Å². The molecule has 1 aromatic heterocycles. The normalized spacial score (nSPS) is 10.2. The molecule has 0 saturated heterocycles. The molecule has 0 aliphatic heterocycles. The molecule has 0 amide bonds. The van der Waals surface area contributed by atoms with E-state index in [1.54, 1.807) is 24.3 Å². The van der Waals surface area contributed by atoms with Crippen molar-refractivity contribution in [3.63, 3.8) is 0 Å². The van der Waals surface area contributed by atoms with Crippen LogP contribution in [0.3, 0.4) is 0 Å². The number of halogens is 1. The third kappa shape index (κ3) is 2.66. The van der Waals surface area contributed by atoms with E-state index in [0.717, 1.165) is 0 Å². The van der Waals surface area contributed by atoms with Crippen molar-refractivity contribution in [2.75, 3.05) is 0 Å². The van der Waals surface area contributed by atoms with Crippen LogP contribution in [0.2, 0.25) is 0 Å². The number of hydrogen-bond acceptors (Lipinski definition) is 2. The second kappa shape index (κ2) is 4.74. The van der Waals surface area contributed by atoms with Gasteiger partial charge in [0.25, 0.3) is 0 Å². The molecule has 3 nitrogen and oxygen atoms in total. The molecule has 0 atom stereocenters. The summed E-state index contributed by atoms with van der Waals surface area (Å²) in [5, 5.41) is 8.71. The number of carboxylic acid groups (broad SMARTS) is 1. The van der Waals surface area contributed by atoms with Gasteiger partial charge >= 0.3 is 5.97 Å². The number of aromatic nitrogens is 1. The van der Waals surface area contributed by atoms with Crippen LogP contribution in [0, 0.1) is 5.82 Å². The van der Waals surface area contributed by atoms with Crippen LogP contribution in [0.5, 0.6) is 0 Å². The first kappa shape index (κ1) is 11.3. The first-order valence-electron chi connectivity index (χ1n) is 5.08. The van der Waals surface area contributed by atoms with Gasteiger partial charge in [-0.3, -0.25) is 4.98 Å². The molecule has 2 rings (SSSR count). The molecule has 17 heavy (non-hydrogen) atoms. The fourth-order valence-electron chi connectivity index (χ4n) is 1.49.